The van der Waals surface area contributed by atoms with E-state index in [1.807, 2.05) is 0 Å². The largest absolute Gasteiger partial charge is 0.527 e. The number of nitrogens with one attached hydrogen (secondary N) is 1. The van der Waals surface area contributed by atoms with Gasteiger partial charge in [-0.3, -0.25) is 5.41 Å². The third-order valence-electron chi connectivity index (χ3n) is 1.28. The summed E-state index contributed by atoms with van der Waals surface area (Å²) in [7, 11) is 0. The highest BCUT2D eigenvalue weighted by atomic mass is 35.5. The van der Waals surface area contributed by atoms with Crippen LogP contribution in [0.1, 0.15) is 5.56 Å². The molecule has 13 heavy (non-hydrogen) atoms. The van der Waals surface area contributed by atoms with Gasteiger partial charge in [0.25, 0.3) is 0 Å². The van der Waals surface area contributed by atoms with E-state index in [-0.39, 0.29) is 5.90 Å². The quantitative estimate of drug-likeness (QED) is 0.337. The highest BCUT2D eigenvalue weighted by Crippen LogP contribution is 2.11. The lowest BCUT2D eigenvalue weighted by Crippen LogP contribution is -2.08. The zero-order chi connectivity index (χ0) is 9.84. The van der Waals surface area contributed by atoms with E-state index in [0.29, 0.717) is 10.6 Å². The minimum atomic E-state index is -0.704. The van der Waals surface area contributed by atoms with Gasteiger partial charge >= 0.3 is 5.30 Å². The summed E-state index contributed by atoms with van der Waals surface area (Å²) in [5.41, 5.74) is 0.458. The van der Waals surface area contributed by atoms with Crippen LogP contribution in [0.2, 0.25) is 5.02 Å². The number of benzene rings is 1. The minimum Gasteiger partial charge on any atom is -0.367 e. The first-order chi connectivity index (χ1) is 6.09. The SMILES string of the molecule is N=C(OC(=O)[SH2+])c1cccc(Cl)c1. The molecule has 3 nitrogen and oxygen atoms in total. The van der Waals surface area contributed by atoms with E-state index in [9.17, 15) is 4.79 Å². The zero-order valence-electron chi connectivity index (χ0n) is 6.50. The molecule has 0 heterocycles. The summed E-state index contributed by atoms with van der Waals surface area (Å²) in [4.78, 5) is 10.4. The Hall–Kier alpha value is -1.00. The molecule has 0 bridgehead atoms. The summed E-state index contributed by atoms with van der Waals surface area (Å²) in [6.07, 6.45) is 0. The van der Waals surface area contributed by atoms with Crippen LogP contribution in [0.3, 0.4) is 0 Å². The average molecular weight is 217 g/mol. The maximum Gasteiger partial charge on any atom is 0.527 e. The van der Waals surface area contributed by atoms with Crippen molar-refractivity contribution >= 4 is 35.4 Å². The third kappa shape index (κ3) is 3.08. The van der Waals surface area contributed by atoms with Gasteiger partial charge in [0.2, 0.25) is 5.90 Å². The molecular weight excluding hydrogens is 210 g/mol. The molecule has 5 heteroatoms. The van der Waals surface area contributed by atoms with Crippen LogP contribution in [0.25, 0.3) is 0 Å². The van der Waals surface area contributed by atoms with Crippen molar-refractivity contribution in [1.29, 1.82) is 5.41 Å². The van der Waals surface area contributed by atoms with Gasteiger partial charge in [-0.05, 0) is 18.2 Å². The van der Waals surface area contributed by atoms with Crippen molar-refractivity contribution in [2.75, 3.05) is 0 Å². The van der Waals surface area contributed by atoms with Gasteiger partial charge in [0.15, 0.2) is 0 Å². The molecule has 1 N–H and O–H groups in total. The molecular formula is C8H7ClNO2S+. The lowest BCUT2D eigenvalue weighted by molar-refractivity contribution is 0.224. The summed E-state index contributed by atoms with van der Waals surface area (Å²) in [5.74, 6) is -0.234. The molecule has 0 aliphatic heterocycles. The van der Waals surface area contributed by atoms with E-state index in [0.717, 1.165) is 0 Å². The number of ether oxygens (including phenoxy) is 1. The van der Waals surface area contributed by atoms with E-state index in [2.05, 4.69) is 17.4 Å². The van der Waals surface area contributed by atoms with Crippen LogP contribution in [0, 0.1) is 5.41 Å². The molecule has 0 saturated carbocycles. The van der Waals surface area contributed by atoms with E-state index in [1.165, 1.54) is 0 Å². The van der Waals surface area contributed by atoms with Gasteiger partial charge in [0.05, 0.1) is 12.6 Å². The molecule has 0 radical (unpaired) electrons. The van der Waals surface area contributed by atoms with Crippen molar-refractivity contribution in [2.24, 2.45) is 0 Å². The molecule has 0 fully saturated rings. The fraction of sp³-hybridized carbons (Fsp3) is 0. The Morgan fingerprint density at radius 2 is 2.23 bits per heavy atom. The summed E-state index contributed by atoms with van der Waals surface area (Å²) >= 11 is 8.28. The van der Waals surface area contributed by atoms with Crippen LogP contribution >= 0.6 is 11.6 Å². The minimum absolute atomic E-state index is 0.234. The first-order valence-corrected chi connectivity index (χ1v) is 4.25. The normalized spacial score (nSPS) is 9.38. The van der Waals surface area contributed by atoms with Gasteiger partial charge in [0.1, 0.15) is 0 Å². The molecule has 1 aromatic rings. The van der Waals surface area contributed by atoms with Crippen molar-refractivity contribution in [3.8, 4) is 0 Å². The smallest absolute Gasteiger partial charge is 0.367 e. The Kier molecular flexibility index (Phi) is 3.33. The highest BCUT2D eigenvalue weighted by molar-refractivity contribution is 7.76. The van der Waals surface area contributed by atoms with Crippen LogP contribution in [-0.2, 0) is 17.4 Å². The van der Waals surface area contributed by atoms with Gasteiger partial charge in [-0.25, -0.2) is 0 Å². The van der Waals surface area contributed by atoms with Crippen LogP contribution in [0.4, 0.5) is 4.79 Å². The van der Waals surface area contributed by atoms with Crippen LogP contribution in [0.15, 0.2) is 24.3 Å². The van der Waals surface area contributed by atoms with E-state index in [4.69, 9.17) is 17.0 Å². The second kappa shape index (κ2) is 4.30. The Bertz CT molecular complexity index is 354. The fourth-order valence-electron chi connectivity index (χ4n) is 0.781. The van der Waals surface area contributed by atoms with E-state index in [1.54, 1.807) is 24.3 Å². The van der Waals surface area contributed by atoms with Gasteiger partial charge in [-0.1, -0.05) is 17.7 Å². The molecule has 0 atom stereocenters. The Morgan fingerprint density at radius 3 is 2.77 bits per heavy atom. The molecule has 0 spiro atoms. The predicted octanol–water partition coefficient (Wildman–Crippen LogP) is 1.81. The second-order valence-electron chi connectivity index (χ2n) is 2.23. The number of carbonyl (C=O) groups excluding carboxylic acids is 1. The maximum atomic E-state index is 10.4. The summed E-state index contributed by atoms with van der Waals surface area (Å²) < 4.78 is 4.49. The van der Waals surface area contributed by atoms with Crippen LogP contribution in [0.5, 0.6) is 0 Å². The molecule has 0 aliphatic carbocycles. The van der Waals surface area contributed by atoms with Crippen LogP contribution in [-0.4, -0.2) is 11.2 Å². The van der Waals surface area contributed by atoms with Gasteiger partial charge in [-0.15, -0.1) is 0 Å². The fourth-order valence-corrected chi connectivity index (χ4v) is 1.07. The number of hydrogen-bond donors (Lipinski definition) is 1. The van der Waals surface area contributed by atoms with Gasteiger partial charge in [0, 0.05) is 10.6 Å². The standard InChI is InChI=1S/C8H6ClNO2S/c9-6-3-1-2-5(4-6)7(10)12-8(11)13/h1-4,10H,(H,11,13)/p+1. The first-order valence-electron chi connectivity index (χ1n) is 3.37. The summed E-state index contributed by atoms with van der Waals surface area (Å²) in [5, 5.41) is 7.11. The second-order valence-corrected chi connectivity index (χ2v) is 3.07. The number of hydrogen-bond acceptors (Lipinski definition) is 3. The molecule has 0 saturated heterocycles. The van der Waals surface area contributed by atoms with Crippen molar-refractivity contribution < 1.29 is 9.53 Å². The third-order valence-corrected chi connectivity index (χ3v) is 1.62. The Labute approximate surface area is 85.6 Å². The summed E-state index contributed by atoms with van der Waals surface area (Å²) in [6.45, 7) is 0. The Morgan fingerprint density at radius 1 is 1.54 bits per heavy atom. The number of halogens is 1. The number of rotatable bonds is 1. The van der Waals surface area contributed by atoms with E-state index < -0.39 is 5.30 Å². The van der Waals surface area contributed by atoms with Crippen molar-refractivity contribution in [3.05, 3.63) is 34.9 Å². The topological polar surface area (TPSA) is 50.1 Å². The van der Waals surface area contributed by atoms with E-state index >= 15 is 0 Å². The lowest BCUT2D eigenvalue weighted by Gasteiger charge is -2.00. The molecule has 1 rings (SSSR count). The maximum absolute atomic E-state index is 10.4. The van der Waals surface area contributed by atoms with Gasteiger partial charge < -0.3 is 4.74 Å². The summed E-state index contributed by atoms with van der Waals surface area (Å²) in [6, 6.07) is 6.52. The molecule has 68 valence electrons. The molecule has 0 unspecified atom stereocenters. The predicted molar refractivity (Wildman–Crippen MR) is 54.9 cm³/mol. The zero-order valence-corrected chi connectivity index (χ0v) is 8.26. The average Bonchev–Trinajstić information content (AvgIpc) is 2.03. The van der Waals surface area contributed by atoms with Crippen molar-refractivity contribution in [3.63, 3.8) is 0 Å². The van der Waals surface area contributed by atoms with Crippen molar-refractivity contribution in [2.45, 2.75) is 0 Å². The number of carbonyl (C=O) groups is 1. The highest BCUT2D eigenvalue weighted by Gasteiger charge is 2.09. The monoisotopic (exact) mass is 216 g/mol. The first kappa shape index (κ1) is 10.1. The lowest BCUT2D eigenvalue weighted by atomic mass is 10.2. The molecule has 0 amide bonds. The molecule has 0 aliphatic rings. The molecule has 0 aromatic heterocycles. The van der Waals surface area contributed by atoms with Crippen LogP contribution < -0.4 is 0 Å². The molecule has 1 aromatic carbocycles. The van der Waals surface area contributed by atoms with Gasteiger partial charge in [-0.2, -0.15) is 4.79 Å². The van der Waals surface area contributed by atoms with Crippen molar-refractivity contribution in [1.82, 2.24) is 0 Å². The Balaban J connectivity index is 2.83.